The van der Waals surface area contributed by atoms with Crippen molar-refractivity contribution in [2.45, 2.75) is 26.2 Å². The number of H-pyrrole nitrogens is 1. The van der Waals surface area contributed by atoms with E-state index in [1.807, 2.05) is 43.3 Å². The van der Waals surface area contributed by atoms with Gasteiger partial charge in [-0.3, -0.25) is 9.59 Å². The van der Waals surface area contributed by atoms with E-state index in [-0.39, 0.29) is 18.1 Å². The second-order valence-electron chi connectivity index (χ2n) is 6.68. The number of rotatable bonds is 4. The average molecular weight is 348 g/mol. The molecule has 0 atom stereocenters. The zero-order valence-corrected chi connectivity index (χ0v) is 14.6. The van der Waals surface area contributed by atoms with Gasteiger partial charge in [-0.15, -0.1) is 0 Å². The lowest BCUT2D eigenvalue weighted by Crippen LogP contribution is -2.20. The Balaban J connectivity index is 1.49. The van der Waals surface area contributed by atoms with Gasteiger partial charge < -0.3 is 15.0 Å². The van der Waals surface area contributed by atoms with Crippen molar-refractivity contribution in [1.29, 1.82) is 0 Å². The number of hydrogen-bond donors (Lipinski definition) is 2. The zero-order chi connectivity index (χ0) is 18.1. The molecule has 2 N–H and O–H groups in total. The molecule has 1 amide bonds. The minimum atomic E-state index is -0.241. The fraction of sp³-hybridized carbons (Fsp3) is 0.238. The van der Waals surface area contributed by atoms with Crippen molar-refractivity contribution in [2.75, 3.05) is 11.9 Å². The third-order valence-electron chi connectivity index (χ3n) is 4.73. The van der Waals surface area contributed by atoms with Gasteiger partial charge in [0.15, 0.2) is 6.61 Å². The molecule has 0 unspecified atom stereocenters. The maximum atomic E-state index is 12.2. The quantitative estimate of drug-likeness (QED) is 0.760. The molecule has 0 saturated heterocycles. The molecule has 26 heavy (non-hydrogen) atoms. The molecule has 0 fully saturated rings. The largest absolute Gasteiger partial charge is 0.484 e. The molecule has 0 aliphatic heterocycles. The van der Waals surface area contributed by atoms with Crippen LogP contribution >= 0.6 is 0 Å². The predicted octanol–water partition coefficient (Wildman–Crippen LogP) is 3.34. The Morgan fingerprint density at radius 1 is 1.15 bits per heavy atom. The normalized spacial score (nSPS) is 12.8. The van der Waals surface area contributed by atoms with Gasteiger partial charge in [0.25, 0.3) is 11.5 Å². The van der Waals surface area contributed by atoms with Gasteiger partial charge >= 0.3 is 0 Å². The van der Waals surface area contributed by atoms with Crippen LogP contribution in [0.15, 0.2) is 47.3 Å². The van der Waals surface area contributed by atoms with Crippen molar-refractivity contribution in [3.05, 3.63) is 69.5 Å². The number of nitrogens with one attached hydrogen (secondary N) is 2. The van der Waals surface area contributed by atoms with Gasteiger partial charge in [0.2, 0.25) is 0 Å². The van der Waals surface area contributed by atoms with Crippen LogP contribution in [0.1, 0.15) is 23.1 Å². The summed E-state index contributed by atoms with van der Waals surface area (Å²) in [5.74, 6) is 0.424. The first-order chi connectivity index (χ1) is 12.6. The molecule has 0 bridgehead atoms. The molecule has 1 aliphatic rings. The van der Waals surface area contributed by atoms with Crippen LogP contribution in [0.2, 0.25) is 0 Å². The molecule has 3 aromatic rings. The number of carbonyl (C=O) groups excluding carboxylic acids is 1. The summed E-state index contributed by atoms with van der Waals surface area (Å²) in [4.78, 5) is 27.3. The number of aryl methyl sites for hydroxylation is 2. The molecule has 0 radical (unpaired) electrons. The van der Waals surface area contributed by atoms with Gasteiger partial charge in [-0.25, -0.2) is 0 Å². The highest BCUT2D eigenvalue weighted by molar-refractivity contribution is 5.95. The highest BCUT2D eigenvalue weighted by Crippen LogP contribution is 2.27. The maximum absolute atomic E-state index is 12.2. The fourth-order valence-electron chi connectivity index (χ4n) is 3.53. The Morgan fingerprint density at radius 3 is 2.85 bits per heavy atom. The summed E-state index contributed by atoms with van der Waals surface area (Å²) in [5, 5.41) is 3.88. The number of pyridine rings is 1. The van der Waals surface area contributed by atoms with Crippen molar-refractivity contribution in [3.63, 3.8) is 0 Å². The van der Waals surface area contributed by atoms with E-state index in [2.05, 4.69) is 10.3 Å². The fourth-order valence-corrected chi connectivity index (χ4v) is 3.53. The van der Waals surface area contributed by atoms with Crippen LogP contribution in [0.4, 0.5) is 5.69 Å². The van der Waals surface area contributed by atoms with Crippen LogP contribution in [0.3, 0.4) is 0 Å². The minimum absolute atomic E-state index is 0.0174. The van der Waals surface area contributed by atoms with E-state index in [1.54, 1.807) is 6.07 Å². The number of aromatic nitrogens is 1. The second kappa shape index (κ2) is 6.67. The van der Waals surface area contributed by atoms with Crippen LogP contribution in [-0.4, -0.2) is 17.5 Å². The summed E-state index contributed by atoms with van der Waals surface area (Å²) in [5.41, 5.74) is 4.51. The summed E-state index contributed by atoms with van der Waals surface area (Å²) in [6, 6.07) is 13.2. The molecule has 0 saturated carbocycles. The molecule has 0 spiro atoms. The summed E-state index contributed by atoms with van der Waals surface area (Å²) in [6.07, 6.45) is 2.80. The van der Waals surface area contributed by atoms with E-state index in [1.165, 1.54) is 0 Å². The van der Waals surface area contributed by atoms with Crippen molar-refractivity contribution >= 4 is 22.5 Å². The number of ether oxygens (including phenoxy) is 1. The zero-order valence-electron chi connectivity index (χ0n) is 14.6. The smallest absolute Gasteiger partial charge is 0.262 e. The lowest BCUT2D eigenvalue weighted by molar-refractivity contribution is -0.118. The van der Waals surface area contributed by atoms with Crippen LogP contribution in [-0.2, 0) is 17.6 Å². The number of aromatic amines is 1. The van der Waals surface area contributed by atoms with Crippen LogP contribution in [0.5, 0.6) is 5.75 Å². The van der Waals surface area contributed by atoms with Crippen molar-refractivity contribution in [1.82, 2.24) is 4.98 Å². The lowest BCUT2D eigenvalue weighted by Gasteiger charge is -2.10. The molecule has 4 rings (SSSR count). The first-order valence-corrected chi connectivity index (χ1v) is 8.77. The summed E-state index contributed by atoms with van der Waals surface area (Å²) in [7, 11) is 0. The molecule has 132 valence electrons. The van der Waals surface area contributed by atoms with Gasteiger partial charge in [-0.2, -0.15) is 0 Å². The standard InChI is InChI=1S/C21H20N2O3/c1-13-4-2-5-15(10-13)26-12-20(24)22-14-8-9-17-16-6-3-7-18(16)21(25)23-19(17)11-14/h2,4-5,8-11H,3,6-7,12H2,1H3,(H,22,24)(H,23,25). The van der Waals surface area contributed by atoms with Gasteiger partial charge in [0.05, 0.1) is 5.52 Å². The Morgan fingerprint density at radius 2 is 2.00 bits per heavy atom. The van der Waals surface area contributed by atoms with Crippen molar-refractivity contribution < 1.29 is 9.53 Å². The van der Waals surface area contributed by atoms with Gasteiger partial charge in [0, 0.05) is 16.6 Å². The van der Waals surface area contributed by atoms with Crippen LogP contribution < -0.4 is 15.6 Å². The first kappa shape index (κ1) is 16.4. The van der Waals surface area contributed by atoms with E-state index >= 15 is 0 Å². The molecule has 5 heteroatoms. The van der Waals surface area contributed by atoms with E-state index in [0.717, 1.165) is 46.9 Å². The van der Waals surface area contributed by atoms with E-state index in [0.29, 0.717) is 11.4 Å². The Kier molecular flexibility index (Phi) is 4.21. The highest BCUT2D eigenvalue weighted by Gasteiger charge is 2.18. The van der Waals surface area contributed by atoms with Gasteiger partial charge in [-0.1, -0.05) is 18.2 Å². The molecule has 1 heterocycles. The number of fused-ring (bicyclic) bond motifs is 3. The third kappa shape index (κ3) is 3.20. The molecular formula is C21H20N2O3. The number of amides is 1. The molecule has 5 nitrogen and oxygen atoms in total. The van der Waals surface area contributed by atoms with E-state index in [4.69, 9.17) is 4.74 Å². The van der Waals surface area contributed by atoms with E-state index < -0.39 is 0 Å². The third-order valence-corrected chi connectivity index (χ3v) is 4.73. The Bertz CT molecular complexity index is 1050. The predicted molar refractivity (Wildman–Crippen MR) is 102 cm³/mol. The number of anilines is 1. The topological polar surface area (TPSA) is 71.2 Å². The van der Waals surface area contributed by atoms with E-state index in [9.17, 15) is 9.59 Å². The molecule has 1 aliphatic carbocycles. The van der Waals surface area contributed by atoms with Gasteiger partial charge in [0.1, 0.15) is 5.75 Å². The lowest BCUT2D eigenvalue weighted by atomic mass is 10.1. The average Bonchev–Trinajstić information content (AvgIpc) is 3.11. The SMILES string of the molecule is Cc1cccc(OCC(=O)Nc2ccc3c4c(c(=O)[nH]c3c2)CCC4)c1. The Hall–Kier alpha value is -3.08. The first-order valence-electron chi connectivity index (χ1n) is 8.77. The second-order valence-corrected chi connectivity index (χ2v) is 6.68. The monoisotopic (exact) mass is 348 g/mol. The molecular weight excluding hydrogens is 328 g/mol. The summed E-state index contributed by atoms with van der Waals surface area (Å²) < 4.78 is 5.52. The van der Waals surface area contributed by atoms with Gasteiger partial charge in [-0.05, 0) is 61.6 Å². The summed E-state index contributed by atoms with van der Waals surface area (Å²) in [6.45, 7) is 1.90. The van der Waals surface area contributed by atoms with Crippen LogP contribution in [0, 0.1) is 6.92 Å². The Labute approximate surface area is 151 Å². The number of benzene rings is 2. The number of carbonyl (C=O) groups is 1. The molecule has 1 aromatic heterocycles. The van der Waals surface area contributed by atoms with Crippen LogP contribution in [0.25, 0.3) is 10.9 Å². The maximum Gasteiger partial charge on any atom is 0.262 e. The highest BCUT2D eigenvalue weighted by atomic mass is 16.5. The van der Waals surface area contributed by atoms with Crippen molar-refractivity contribution in [3.8, 4) is 5.75 Å². The number of hydrogen-bond acceptors (Lipinski definition) is 3. The molecule has 2 aromatic carbocycles. The van der Waals surface area contributed by atoms with Crippen molar-refractivity contribution in [2.24, 2.45) is 0 Å². The summed E-state index contributed by atoms with van der Waals surface area (Å²) >= 11 is 0. The minimum Gasteiger partial charge on any atom is -0.484 e.